The monoisotopic (exact) mass is 221 g/mol. The van der Waals surface area contributed by atoms with Gasteiger partial charge in [-0.3, -0.25) is 0 Å². The van der Waals surface area contributed by atoms with Crippen LogP contribution in [0.1, 0.15) is 5.56 Å². The minimum atomic E-state index is -0.961. The van der Waals surface area contributed by atoms with Crippen LogP contribution in [0.3, 0.4) is 0 Å². The van der Waals surface area contributed by atoms with Crippen molar-refractivity contribution in [1.29, 1.82) is 0 Å². The Morgan fingerprint density at radius 3 is 2.06 bits per heavy atom. The average molecular weight is 221 g/mol. The first-order valence-electron chi connectivity index (χ1n) is 5.38. The summed E-state index contributed by atoms with van der Waals surface area (Å²) in [4.78, 5) is 0. The van der Waals surface area contributed by atoms with Gasteiger partial charge in [0.05, 0.1) is 26.4 Å². The molecular weight excluding hydrogens is 208 g/mol. The van der Waals surface area contributed by atoms with Gasteiger partial charge < -0.3 is 18.9 Å². The average Bonchev–Trinajstić information content (AvgIpc) is 3.02. The van der Waals surface area contributed by atoms with Crippen molar-refractivity contribution in [1.82, 2.24) is 0 Å². The van der Waals surface area contributed by atoms with Gasteiger partial charge >= 0.3 is 0 Å². The molecule has 1 aromatic rings. The number of benzene rings is 1. The first kappa shape index (κ1) is 10.2. The molecule has 0 amide bonds. The lowest BCUT2D eigenvalue weighted by Gasteiger charge is -2.30. The van der Waals surface area contributed by atoms with Crippen LogP contribution in [0.15, 0.2) is 30.3 Å². The van der Waals surface area contributed by atoms with Crippen LogP contribution in [0.4, 0.5) is 0 Å². The first-order chi connectivity index (χ1) is 7.92. The van der Waals surface area contributed by atoms with Gasteiger partial charge in [0.25, 0.3) is 12.1 Å². The maximum absolute atomic E-state index is 5.70. The van der Waals surface area contributed by atoms with Crippen molar-refractivity contribution >= 4 is 0 Å². The lowest BCUT2D eigenvalue weighted by Crippen LogP contribution is -2.35. The van der Waals surface area contributed by atoms with Gasteiger partial charge in [0, 0.05) is 5.56 Å². The molecule has 4 heteroatoms. The number of rotatable bonds is 2. The first-order valence-corrected chi connectivity index (χ1v) is 5.38. The zero-order chi connectivity index (χ0) is 10.8. The molecule has 0 unspecified atom stereocenters. The van der Waals surface area contributed by atoms with Crippen LogP contribution in [0.2, 0.25) is 0 Å². The molecule has 2 heterocycles. The molecule has 0 atom stereocenters. The van der Waals surface area contributed by atoms with Crippen LogP contribution >= 0.6 is 0 Å². The summed E-state index contributed by atoms with van der Waals surface area (Å²) in [6, 6.07) is 9.73. The van der Waals surface area contributed by atoms with E-state index in [0.717, 1.165) is 5.56 Å². The van der Waals surface area contributed by atoms with E-state index in [0.29, 0.717) is 32.7 Å². The summed E-state index contributed by atoms with van der Waals surface area (Å²) in [5, 5.41) is 0. The Kier molecular flexibility index (Phi) is 2.65. The van der Waals surface area contributed by atoms with Crippen LogP contribution < -0.4 is 0 Å². The predicted octanol–water partition coefficient (Wildman–Crippen LogP) is 1.42. The summed E-state index contributed by atoms with van der Waals surface area (Å²) >= 11 is 0. The highest BCUT2D eigenvalue weighted by atomic mass is 16.8. The predicted molar refractivity (Wildman–Crippen MR) is 55.2 cm³/mol. The molecule has 1 aromatic carbocycles. The second kappa shape index (κ2) is 4.14. The standard InChI is InChI=1S/C12H13O4/c1-2-4-10(5-3-1)12(15-8-9-16-12)11-13-6-7-14-11/h1-5H,6-9H2. The van der Waals surface area contributed by atoms with Gasteiger partial charge in [-0.05, 0) is 0 Å². The van der Waals surface area contributed by atoms with Gasteiger partial charge in [0.1, 0.15) is 0 Å². The van der Waals surface area contributed by atoms with E-state index in [1.165, 1.54) is 0 Å². The molecule has 0 saturated carbocycles. The molecule has 0 bridgehead atoms. The highest BCUT2D eigenvalue weighted by Crippen LogP contribution is 2.42. The van der Waals surface area contributed by atoms with Gasteiger partial charge in [0.15, 0.2) is 0 Å². The third kappa shape index (κ3) is 1.55. The van der Waals surface area contributed by atoms with E-state index < -0.39 is 5.79 Å². The normalized spacial score (nSPS) is 25.0. The zero-order valence-corrected chi connectivity index (χ0v) is 8.85. The zero-order valence-electron chi connectivity index (χ0n) is 8.85. The lowest BCUT2D eigenvalue weighted by atomic mass is 10.1. The van der Waals surface area contributed by atoms with Crippen molar-refractivity contribution in [3.63, 3.8) is 0 Å². The summed E-state index contributed by atoms with van der Waals surface area (Å²) < 4.78 is 22.3. The minimum Gasteiger partial charge on any atom is -0.339 e. The molecular formula is C12H13O4. The van der Waals surface area contributed by atoms with Crippen LogP contribution in [0.25, 0.3) is 0 Å². The summed E-state index contributed by atoms with van der Waals surface area (Å²) in [5.74, 6) is -0.961. The number of hydrogen-bond acceptors (Lipinski definition) is 4. The molecule has 1 radical (unpaired) electrons. The van der Waals surface area contributed by atoms with Crippen LogP contribution in [0, 0.1) is 6.29 Å². The molecule has 2 aliphatic heterocycles. The molecule has 2 saturated heterocycles. The smallest absolute Gasteiger partial charge is 0.291 e. The third-order valence-corrected chi connectivity index (χ3v) is 2.67. The highest BCUT2D eigenvalue weighted by molar-refractivity contribution is 5.25. The molecule has 2 fully saturated rings. The Morgan fingerprint density at radius 1 is 0.812 bits per heavy atom. The van der Waals surface area contributed by atoms with E-state index in [1.807, 2.05) is 30.3 Å². The number of ether oxygens (including phenoxy) is 4. The molecule has 3 rings (SSSR count). The Morgan fingerprint density at radius 2 is 1.44 bits per heavy atom. The molecule has 2 aliphatic rings. The maximum atomic E-state index is 5.70. The molecule has 0 aliphatic carbocycles. The van der Waals surface area contributed by atoms with Gasteiger partial charge in [-0.1, -0.05) is 30.3 Å². The molecule has 16 heavy (non-hydrogen) atoms. The van der Waals surface area contributed by atoms with Crippen molar-refractivity contribution in [2.75, 3.05) is 26.4 Å². The van der Waals surface area contributed by atoms with Crippen LogP contribution in [-0.4, -0.2) is 26.4 Å². The van der Waals surface area contributed by atoms with Crippen molar-refractivity contribution in [3.8, 4) is 0 Å². The van der Waals surface area contributed by atoms with Crippen LogP contribution in [-0.2, 0) is 24.7 Å². The van der Waals surface area contributed by atoms with E-state index in [1.54, 1.807) is 0 Å². The largest absolute Gasteiger partial charge is 0.339 e. The van der Waals surface area contributed by atoms with Crippen molar-refractivity contribution < 1.29 is 18.9 Å². The van der Waals surface area contributed by atoms with E-state index in [-0.39, 0.29) is 0 Å². The quantitative estimate of drug-likeness (QED) is 0.757. The summed E-state index contributed by atoms with van der Waals surface area (Å²) in [6.07, 6.45) is 0.427. The van der Waals surface area contributed by atoms with E-state index in [4.69, 9.17) is 18.9 Å². The fourth-order valence-electron chi connectivity index (χ4n) is 1.97. The van der Waals surface area contributed by atoms with E-state index >= 15 is 0 Å². The highest BCUT2D eigenvalue weighted by Gasteiger charge is 2.51. The maximum Gasteiger partial charge on any atom is 0.291 e. The van der Waals surface area contributed by atoms with E-state index in [9.17, 15) is 0 Å². The second-order valence-electron chi connectivity index (χ2n) is 3.66. The summed E-state index contributed by atoms with van der Waals surface area (Å²) in [7, 11) is 0. The lowest BCUT2D eigenvalue weighted by molar-refractivity contribution is -0.229. The van der Waals surface area contributed by atoms with Gasteiger partial charge in [-0.25, -0.2) is 0 Å². The fraction of sp³-hybridized carbons (Fsp3) is 0.417. The van der Waals surface area contributed by atoms with Crippen molar-refractivity contribution in [2.45, 2.75) is 5.79 Å². The van der Waals surface area contributed by atoms with Crippen molar-refractivity contribution in [2.24, 2.45) is 0 Å². The Hall–Kier alpha value is -0.940. The van der Waals surface area contributed by atoms with Crippen molar-refractivity contribution in [3.05, 3.63) is 42.2 Å². The minimum absolute atomic E-state index is 0.427. The van der Waals surface area contributed by atoms with E-state index in [2.05, 4.69) is 0 Å². The second-order valence-corrected chi connectivity index (χ2v) is 3.66. The van der Waals surface area contributed by atoms with Gasteiger partial charge in [-0.15, -0.1) is 0 Å². The number of hydrogen-bond donors (Lipinski definition) is 0. The third-order valence-electron chi connectivity index (χ3n) is 2.67. The summed E-state index contributed by atoms with van der Waals surface area (Å²) in [5.41, 5.74) is 0.907. The Labute approximate surface area is 94.1 Å². The van der Waals surface area contributed by atoms with Crippen LogP contribution in [0.5, 0.6) is 0 Å². The molecule has 85 valence electrons. The Bertz CT molecular complexity index is 339. The molecule has 0 spiro atoms. The molecule has 4 nitrogen and oxygen atoms in total. The van der Waals surface area contributed by atoms with Gasteiger partial charge in [0.2, 0.25) is 0 Å². The Balaban J connectivity index is 1.96. The van der Waals surface area contributed by atoms with Gasteiger partial charge in [-0.2, -0.15) is 0 Å². The fourth-order valence-corrected chi connectivity index (χ4v) is 1.97. The molecule has 0 aromatic heterocycles. The molecule has 0 N–H and O–H groups in total. The summed E-state index contributed by atoms with van der Waals surface area (Å²) in [6.45, 7) is 2.20. The topological polar surface area (TPSA) is 36.9 Å². The SMILES string of the molecule is c1ccc(C2([C]3OCCO3)OCCO2)cc1.